The van der Waals surface area contributed by atoms with Gasteiger partial charge in [-0.25, -0.2) is 9.13 Å². The first-order chi connectivity index (χ1) is 26.5. The molecule has 4 aromatic rings. The molecule has 56 heavy (non-hydrogen) atoms. The number of hydrogen-bond donors (Lipinski definition) is 0. The number of aromatic nitrogens is 2. The zero-order chi connectivity index (χ0) is 37.8. The molecule has 4 nitrogen and oxygen atoms in total. The highest BCUT2D eigenvalue weighted by atomic mass is 79.9. The highest BCUT2D eigenvalue weighted by molar-refractivity contribution is 9.09. The minimum atomic E-state index is 0. The number of hydrogen-bond acceptors (Lipinski definition) is 2. The van der Waals surface area contributed by atoms with E-state index in [0.717, 1.165) is 23.7 Å². The molecular formula is C48H68Br4N4. The van der Waals surface area contributed by atoms with Gasteiger partial charge in [-0.05, 0) is 151 Å². The van der Waals surface area contributed by atoms with E-state index in [2.05, 4.69) is 162 Å². The molecule has 8 heteroatoms. The van der Waals surface area contributed by atoms with Gasteiger partial charge in [0.15, 0.2) is 24.8 Å². The van der Waals surface area contributed by atoms with Crippen molar-refractivity contribution in [3.8, 4) is 0 Å². The van der Waals surface area contributed by atoms with Gasteiger partial charge in [-0.15, -0.1) is 0 Å². The second-order valence-corrected chi connectivity index (χ2v) is 17.5. The topological polar surface area (TPSA) is 14.2 Å². The van der Waals surface area contributed by atoms with E-state index in [0.29, 0.717) is 12.1 Å². The maximum absolute atomic E-state index is 3.47. The summed E-state index contributed by atoms with van der Waals surface area (Å²) in [5, 5.41) is 2.25. The van der Waals surface area contributed by atoms with Crippen molar-refractivity contribution in [1.82, 2.24) is 9.80 Å². The van der Waals surface area contributed by atoms with Crippen LogP contribution >= 0.6 is 31.9 Å². The summed E-state index contributed by atoms with van der Waals surface area (Å²) in [6, 6.07) is 28.9. The molecule has 0 N–H and O–H groups in total. The third-order valence-electron chi connectivity index (χ3n) is 11.6. The molecule has 0 saturated carbocycles. The predicted octanol–water partition coefficient (Wildman–Crippen LogP) is 4.97. The quantitative estimate of drug-likeness (QED) is 0.0707. The van der Waals surface area contributed by atoms with Crippen LogP contribution in [-0.4, -0.2) is 47.6 Å². The molecule has 6 rings (SSSR count). The van der Waals surface area contributed by atoms with E-state index < -0.39 is 0 Å². The summed E-state index contributed by atoms with van der Waals surface area (Å²) >= 11 is 6.93. The van der Waals surface area contributed by atoms with Crippen LogP contribution in [0.3, 0.4) is 0 Å². The number of aryl methyl sites for hydroxylation is 6. The number of nitrogens with zero attached hydrogens (tertiary/aromatic N) is 4. The fourth-order valence-electron chi connectivity index (χ4n) is 8.26. The number of pyridine rings is 2. The lowest BCUT2D eigenvalue weighted by Gasteiger charge is -2.18. The number of rotatable bonds is 20. The van der Waals surface area contributed by atoms with Gasteiger partial charge in [-0.2, -0.15) is 0 Å². The molecule has 0 bridgehead atoms. The standard InChI is InChI=1S/C34H48N4.C14H20Br2.2BrH/c1-35-21-9-15-33(35)31-13-7-25-37(27-31)23-5-3-11-29-17-19-30(20-18-29)12-4-6-24-38-26-8-14-32(28-38)34-16-10-22-36(34)2;15-11-3-1-5-13-7-9-14(10-8-13)6-2-4-12-16;;/h7-8,13-14,17-20,25-28,33-34H,3-6,9-12,15-16,21-24H2,1-2H3;7-10H,1-6,11-12H2;2*1H/q+2;;;/p-2/t33-,34-;;;/m1.../s1. The van der Waals surface area contributed by atoms with Gasteiger partial charge in [0, 0.05) is 58.8 Å². The predicted molar refractivity (Wildman–Crippen MR) is 235 cm³/mol. The molecule has 2 aromatic carbocycles. The lowest BCUT2D eigenvalue weighted by molar-refractivity contribution is -0.698. The Morgan fingerprint density at radius 2 is 0.839 bits per heavy atom. The van der Waals surface area contributed by atoms with Gasteiger partial charge in [0.2, 0.25) is 0 Å². The number of halogens is 4. The van der Waals surface area contributed by atoms with E-state index in [4.69, 9.17) is 0 Å². The molecule has 0 amide bonds. The van der Waals surface area contributed by atoms with Gasteiger partial charge in [0.05, 0.1) is 0 Å². The van der Waals surface area contributed by atoms with Crippen LogP contribution in [0.5, 0.6) is 0 Å². The highest BCUT2D eigenvalue weighted by Crippen LogP contribution is 2.30. The third-order valence-corrected chi connectivity index (χ3v) is 12.7. The summed E-state index contributed by atoms with van der Waals surface area (Å²) in [5.74, 6) is 0. The Morgan fingerprint density at radius 3 is 1.14 bits per heavy atom. The minimum Gasteiger partial charge on any atom is -1.00 e. The Balaban J connectivity index is 0.000000396. The molecule has 0 radical (unpaired) electrons. The maximum atomic E-state index is 3.47. The molecule has 0 spiro atoms. The molecule has 0 unspecified atom stereocenters. The number of alkyl halides is 2. The molecule has 308 valence electrons. The van der Waals surface area contributed by atoms with Crippen molar-refractivity contribution in [3.63, 3.8) is 0 Å². The van der Waals surface area contributed by atoms with Crippen molar-refractivity contribution in [2.24, 2.45) is 0 Å². The van der Waals surface area contributed by atoms with Crippen molar-refractivity contribution in [1.29, 1.82) is 0 Å². The summed E-state index contributed by atoms with van der Waals surface area (Å²) < 4.78 is 4.79. The first kappa shape index (κ1) is 48.9. The Hall–Kier alpha value is -1.42. The number of benzene rings is 2. The SMILES string of the molecule is BrCCCCc1ccc(CCCCBr)cc1.CN1CCC[C@@H]1c1ccc[n+](CCCCc2ccc(CCCC[n+]3cccc([C@H]4CCCN4C)c3)cc2)c1.[Br-].[Br-]. The van der Waals surface area contributed by atoms with Crippen LogP contribution in [0.25, 0.3) is 0 Å². The monoisotopic (exact) mass is 1020 g/mol. The molecule has 2 aromatic heterocycles. The second kappa shape index (κ2) is 28.1. The summed E-state index contributed by atoms with van der Waals surface area (Å²) in [7, 11) is 4.52. The summed E-state index contributed by atoms with van der Waals surface area (Å²) in [6.45, 7) is 4.68. The van der Waals surface area contributed by atoms with Crippen molar-refractivity contribution in [2.75, 3.05) is 37.8 Å². The highest BCUT2D eigenvalue weighted by Gasteiger charge is 2.25. The Bertz CT molecular complexity index is 1500. The molecule has 2 aliphatic heterocycles. The summed E-state index contributed by atoms with van der Waals surface area (Å²) in [6.07, 6.45) is 29.3. The van der Waals surface area contributed by atoms with Gasteiger partial charge < -0.3 is 34.0 Å². The Labute approximate surface area is 378 Å². The van der Waals surface area contributed by atoms with Crippen LogP contribution in [0.4, 0.5) is 0 Å². The van der Waals surface area contributed by atoms with E-state index in [-0.39, 0.29) is 34.0 Å². The number of likely N-dealkylation sites (tertiary alicyclic amines) is 2. The van der Waals surface area contributed by atoms with Gasteiger partial charge in [0.25, 0.3) is 0 Å². The molecular weight excluding hydrogens is 952 g/mol. The molecule has 4 heterocycles. The van der Waals surface area contributed by atoms with E-state index in [9.17, 15) is 0 Å². The smallest absolute Gasteiger partial charge is 0.173 e. The van der Waals surface area contributed by atoms with E-state index >= 15 is 0 Å². The largest absolute Gasteiger partial charge is 1.00 e. The van der Waals surface area contributed by atoms with Gasteiger partial charge in [-0.3, -0.25) is 9.80 Å². The van der Waals surface area contributed by atoms with Gasteiger partial charge in [-0.1, -0.05) is 80.4 Å². The average Bonchev–Trinajstić information content (AvgIpc) is 3.84. The minimum absolute atomic E-state index is 0. The van der Waals surface area contributed by atoms with E-state index in [1.54, 1.807) is 0 Å². The second-order valence-electron chi connectivity index (χ2n) is 15.9. The van der Waals surface area contributed by atoms with Crippen molar-refractivity contribution in [3.05, 3.63) is 131 Å². The van der Waals surface area contributed by atoms with Crippen LogP contribution in [0.2, 0.25) is 0 Å². The number of unbranched alkanes of at least 4 members (excludes halogenated alkanes) is 4. The average molecular weight is 1020 g/mol. The zero-order valence-electron chi connectivity index (χ0n) is 34.2. The lowest BCUT2D eigenvalue weighted by Crippen LogP contribution is -3.00. The normalized spacial score (nSPS) is 16.9. The lowest BCUT2D eigenvalue weighted by atomic mass is 10.0. The Morgan fingerprint density at radius 1 is 0.500 bits per heavy atom. The van der Waals surface area contributed by atoms with Crippen LogP contribution < -0.4 is 43.1 Å². The molecule has 2 fully saturated rings. The van der Waals surface area contributed by atoms with Gasteiger partial charge >= 0.3 is 0 Å². The maximum Gasteiger partial charge on any atom is 0.173 e. The van der Waals surface area contributed by atoms with Crippen LogP contribution in [-0.2, 0) is 38.8 Å². The molecule has 0 aliphatic carbocycles. The van der Waals surface area contributed by atoms with E-state index in [1.807, 2.05) is 0 Å². The van der Waals surface area contributed by atoms with Crippen molar-refractivity contribution in [2.45, 2.75) is 128 Å². The van der Waals surface area contributed by atoms with Gasteiger partial charge in [0.1, 0.15) is 13.1 Å². The third kappa shape index (κ3) is 17.0. The van der Waals surface area contributed by atoms with Crippen molar-refractivity contribution < 1.29 is 43.1 Å². The summed E-state index contributed by atoms with van der Waals surface area (Å²) in [5.41, 5.74) is 8.86. The Kier molecular flexibility index (Phi) is 24.6. The molecule has 2 aliphatic rings. The first-order valence-corrected chi connectivity index (χ1v) is 23.4. The fraction of sp³-hybridized carbons (Fsp3) is 0.542. The van der Waals surface area contributed by atoms with Crippen molar-refractivity contribution >= 4 is 31.9 Å². The van der Waals surface area contributed by atoms with Crippen LogP contribution in [0.15, 0.2) is 97.6 Å². The van der Waals surface area contributed by atoms with Crippen LogP contribution in [0, 0.1) is 0 Å². The first-order valence-electron chi connectivity index (χ1n) is 21.2. The fourth-order valence-corrected chi connectivity index (χ4v) is 9.05. The van der Waals surface area contributed by atoms with Crippen LogP contribution in [0.1, 0.15) is 123 Å². The van der Waals surface area contributed by atoms with E-state index in [1.165, 1.54) is 149 Å². The zero-order valence-corrected chi connectivity index (χ0v) is 40.6. The molecule has 2 saturated heterocycles. The molecule has 2 atom stereocenters. The summed E-state index contributed by atoms with van der Waals surface area (Å²) in [4.78, 5) is 4.99.